The molecule has 0 saturated heterocycles. The van der Waals surface area contributed by atoms with Gasteiger partial charge in [0.15, 0.2) is 11.5 Å². The van der Waals surface area contributed by atoms with E-state index in [1.807, 2.05) is 23.6 Å². The number of aromatic hydroxyl groups is 1. The third-order valence-corrected chi connectivity index (χ3v) is 4.91. The normalized spacial score (nSPS) is 10.9. The Balaban J connectivity index is 1.71. The van der Waals surface area contributed by atoms with Gasteiger partial charge in [-0.3, -0.25) is 5.43 Å². The van der Waals surface area contributed by atoms with Crippen molar-refractivity contribution >= 4 is 38.6 Å². The van der Waals surface area contributed by atoms with E-state index in [9.17, 15) is 5.11 Å². The van der Waals surface area contributed by atoms with Crippen LogP contribution >= 0.6 is 27.3 Å². The molecule has 1 aromatic heterocycles. The van der Waals surface area contributed by atoms with Gasteiger partial charge in [-0.05, 0) is 57.9 Å². The van der Waals surface area contributed by atoms with E-state index < -0.39 is 0 Å². The monoisotopic (exact) mass is 433 g/mol. The lowest BCUT2D eigenvalue weighted by molar-refractivity contribution is 0.355. The molecule has 1 heterocycles. The van der Waals surface area contributed by atoms with Gasteiger partial charge in [-0.2, -0.15) is 5.10 Å². The number of methoxy groups -OCH3 is 2. The minimum atomic E-state index is 0.189. The Morgan fingerprint density at radius 3 is 2.69 bits per heavy atom. The first-order chi connectivity index (χ1) is 12.6. The minimum absolute atomic E-state index is 0.189. The predicted octanol–water partition coefficient (Wildman–Crippen LogP) is 4.74. The highest BCUT2D eigenvalue weighted by molar-refractivity contribution is 9.10. The molecule has 0 aliphatic heterocycles. The van der Waals surface area contributed by atoms with Crippen LogP contribution in [0.25, 0.3) is 11.3 Å². The molecule has 134 valence electrons. The number of phenolic OH excluding ortho intramolecular Hbond substituents is 1. The second-order valence-electron chi connectivity index (χ2n) is 5.19. The maximum Gasteiger partial charge on any atom is 0.203 e. The summed E-state index contributed by atoms with van der Waals surface area (Å²) in [6.45, 7) is 0. The van der Waals surface area contributed by atoms with Crippen LogP contribution in [0.2, 0.25) is 0 Å². The number of nitrogens with one attached hydrogen (secondary N) is 1. The summed E-state index contributed by atoms with van der Waals surface area (Å²) >= 11 is 4.72. The lowest BCUT2D eigenvalue weighted by atomic mass is 10.1. The number of thiazole rings is 1. The van der Waals surface area contributed by atoms with Gasteiger partial charge in [0.1, 0.15) is 5.75 Å². The first-order valence-corrected chi connectivity index (χ1v) is 9.23. The molecule has 6 nitrogen and oxygen atoms in total. The number of nitrogens with zero attached hydrogens (tertiary/aromatic N) is 2. The Bertz CT molecular complexity index is 943. The zero-order chi connectivity index (χ0) is 18.5. The molecular weight excluding hydrogens is 418 g/mol. The van der Waals surface area contributed by atoms with Gasteiger partial charge >= 0.3 is 0 Å². The topological polar surface area (TPSA) is 76.0 Å². The molecule has 3 rings (SSSR count). The molecule has 8 heteroatoms. The molecule has 2 aromatic carbocycles. The summed E-state index contributed by atoms with van der Waals surface area (Å²) < 4.78 is 11.2. The van der Waals surface area contributed by atoms with Crippen molar-refractivity contribution < 1.29 is 14.6 Å². The molecule has 0 aliphatic carbocycles. The average molecular weight is 434 g/mol. The predicted molar refractivity (Wildman–Crippen MR) is 108 cm³/mol. The lowest BCUT2D eigenvalue weighted by Gasteiger charge is -2.08. The minimum Gasteiger partial charge on any atom is -0.507 e. The highest BCUT2D eigenvalue weighted by atomic mass is 79.9. The van der Waals surface area contributed by atoms with Gasteiger partial charge in [0.2, 0.25) is 5.13 Å². The van der Waals surface area contributed by atoms with E-state index in [-0.39, 0.29) is 5.75 Å². The molecule has 0 spiro atoms. The maximum atomic E-state index is 9.50. The number of anilines is 1. The molecule has 3 aromatic rings. The number of hydrazone groups is 1. The number of benzene rings is 2. The van der Waals surface area contributed by atoms with Gasteiger partial charge in [0, 0.05) is 10.9 Å². The molecular formula is C18H16BrN3O3S. The standard InChI is InChI=1S/C18H16BrN3O3S/c1-24-16-6-4-12(8-17(16)25-2)14-10-26-18(21-14)22-20-9-11-3-5-15(23)13(19)7-11/h3-10,23H,1-2H3,(H,21,22)/b20-9-. The number of ether oxygens (including phenoxy) is 2. The molecule has 26 heavy (non-hydrogen) atoms. The Labute approximate surface area is 163 Å². The van der Waals surface area contributed by atoms with E-state index in [0.717, 1.165) is 16.8 Å². The van der Waals surface area contributed by atoms with Crippen LogP contribution in [0, 0.1) is 0 Å². The number of phenols is 1. The van der Waals surface area contributed by atoms with E-state index in [4.69, 9.17) is 9.47 Å². The number of aromatic nitrogens is 1. The summed E-state index contributed by atoms with van der Waals surface area (Å²) in [6.07, 6.45) is 1.65. The largest absolute Gasteiger partial charge is 0.507 e. The third-order valence-electron chi connectivity index (χ3n) is 3.53. The fraction of sp³-hybridized carbons (Fsp3) is 0.111. The molecule has 0 amide bonds. The highest BCUT2D eigenvalue weighted by Crippen LogP contribution is 2.33. The van der Waals surface area contributed by atoms with Crippen LogP contribution in [-0.4, -0.2) is 30.5 Å². The fourth-order valence-electron chi connectivity index (χ4n) is 2.22. The third kappa shape index (κ3) is 4.14. The molecule has 2 N–H and O–H groups in total. The Morgan fingerprint density at radius 1 is 1.15 bits per heavy atom. The Morgan fingerprint density at radius 2 is 1.96 bits per heavy atom. The van der Waals surface area contributed by atoms with Crippen molar-refractivity contribution in [3.05, 3.63) is 51.8 Å². The van der Waals surface area contributed by atoms with Crippen LogP contribution in [0.1, 0.15) is 5.56 Å². The summed E-state index contributed by atoms with van der Waals surface area (Å²) in [6, 6.07) is 10.8. The van der Waals surface area contributed by atoms with Gasteiger partial charge in [-0.15, -0.1) is 11.3 Å². The molecule has 0 aliphatic rings. The zero-order valence-electron chi connectivity index (χ0n) is 14.1. The van der Waals surface area contributed by atoms with Crippen molar-refractivity contribution in [2.45, 2.75) is 0 Å². The van der Waals surface area contributed by atoms with Gasteiger partial charge in [-0.25, -0.2) is 4.98 Å². The van der Waals surface area contributed by atoms with Gasteiger partial charge in [0.25, 0.3) is 0 Å². The summed E-state index contributed by atoms with van der Waals surface area (Å²) in [7, 11) is 3.21. The van der Waals surface area contributed by atoms with Gasteiger partial charge < -0.3 is 14.6 Å². The van der Waals surface area contributed by atoms with Crippen LogP contribution in [0.4, 0.5) is 5.13 Å². The number of hydrogen-bond acceptors (Lipinski definition) is 7. The fourth-order valence-corrected chi connectivity index (χ4v) is 3.28. The van der Waals surface area contributed by atoms with E-state index in [1.54, 1.807) is 38.6 Å². The van der Waals surface area contributed by atoms with E-state index in [2.05, 4.69) is 31.4 Å². The van der Waals surface area contributed by atoms with Crippen molar-refractivity contribution in [3.63, 3.8) is 0 Å². The second kappa shape index (κ2) is 8.20. The number of rotatable bonds is 6. The second-order valence-corrected chi connectivity index (χ2v) is 6.90. The smallest absolute Gasteiger partial charge is 0.203 e. The summed E-state index contributed by atoms with van der Waals surface area (Å²) in [4.78, 5) is 4.52. The lowest BCUT2D eigenvalue weighted by Crippen LogP contribution is -1.92. The van der Waals surface area contributed by atoms with Crippen LogP contribution < -0.4 is 14.9 Å². The van der Waals surface area contributed by atoms with Crippen molar-refractivity contribution in [2.24, 2.45) is 5.10 Å². The zero-order valence-corrected chi connectivity index (χ0v) is 16.5. The molecule has 0 fully saturated rings. The Kier molecular flexibility index (Phi) is 5.75. The van der Waals surface area contributed by atoms with Gasteiger partial charge in [0.05, 0.1) is 30.6 Å². The first-order valence-electron chi connectivity index (χ1n) is 7.56. The summed E-state index contributed by atoms with van der Waals surface area (Å²) in [5.41, 5.74) is 5.51. The highest BCUT2D eigenvalue weighted by Gasteiger charge is 2.09. The van der Waals surface area contributed by atoms with E-state index >= 15 is 0 Å². The van der Waals surface area contributed by atoms with Crippen molar-refractivity contribution in [2.75, 3.05) is 19.6 Å². The number of hydrogen-bond donors (Lipinski definition) is 2. The van der Waals surface area contributed by atoms with Crippen molar-refractivity contribution in [1.82, 2.24) is 4.98 Å². The molecule has 0 saturated carbocycles. The molecule has 0 bridgehead atoms. The van der Waals surface area contributed by atoms with E-state index in [1.165, 1.54) is 11.3 Å². The van der Waals surface area contributed by atoms with Crippen molar-refractivity contribution in [3.8, 4) is 28.5 Å². The van der Waals surface area contributed by atoms with Gasteiger partial charge in [-0.1, -0.05) is 0 Å². The summed E-state index contributed by atoms with van der Waals surface area (Å²) in [5.74, 6) is 1.52. The molecule has 0 radical (unpaired) electrons. The van der Waals surface area contributed by atoms with Crippen LogP contribution in [0.3, 0.4) is 0 Å². The van der Waals surface area contributed by atoms with Crippen LogP contribution in [0.15, 0.2) is 51.4 Å². The van der Waals surface area contributed by atoms with Crippen LogP contribution in [0.5, 0.6) is 17.2 Å². The average Bonchev–Trinajstić information content (AvgIpc) is 3.13. The van der Waals surface area contributed by atoms with Crippen molar-refractivity contribution in [1.29, 1.82) is 0 Å². The van der Waals surface area contributed by atoms with Crippen LogP contribution in [-0.2, 0) is 0 Å². The number of halogens is 1. The molecule has 0 unspecified atom stereocenters. The Hall–Kier alpha value is -2.58. The quantitative estimate of drug-likeness (QED) is 0.433. The van der Waals surface area contributed by atoms with E-state index in [0.29, 0.717) is 21.1 Å². The maximum absolute atomic E-state index is 9.50. The molecule has 0 atom stereocenters. The summed E-state index contributed by atoms with van der Waals surface area (Å²) in [5, 5.41) is 16.3. The SMILES string of the molecule is COc1ccc(-c2csc(N/N=C\c3ccc(O)c(Br)c3)n2)cc1OC. The first kappa shape index (κ1) is 18.2.